The fourth-order valence-corrected chi connectivity index (χ4v) is 3.00. The van der Waals surface area contributed by atoms with Crippen LogP contribution in [0.15, 0.2) is 4.99 Å². The van der Waals surface area contributed by atoms with Crippen molar-refractivity contribution in [2.45, 2.75) is 38.6 Å². The number of nitrogens with zero attached hydrogens (tertiary/aromatic N) is 4. The van der Waals surface area contributed by atoms with Crippen molar-refractivity contribution in [2.75, 3.05) is 46.8 Å². The SMILES string of the molecule is CCN1CCN(C(=NCC(=O)N(C)C)NC2CCCC2)CC1=O. The summed E-state index contributed by atoms with van der Waals surface area (Å²) in [5.41, 5.74) is 0. The van der Waals surface area contributed by atoms with E-state index in [0.717, 1.165) is 25.9 Å². The number of hydrogen-bond acceptors (Lipinski definition) is 3. The van der Waals surface area contributed by atoms with Gasteiger partial charge in [-0.25, -0.2) is 4.99 Å². The summed E-state index contributed by atoms with van der Waals surface area (Å²) in [6, 6.07) is 0.405. The second kappa shape index (κ2) is 8.17. The summed E-state index contributed by atoms with van der Waals surface area (Å²) in [7, 11) is 3.46. The van der Waals surface area contributed by atoms with E-state index in [1.807, 2.05) is 16.7 Å². The molecule has 1 saturated carbocycles. The lowest BCUT2D eigenvalue weighted by Crippen LogP contribution is -2.56. The first-order valence-electron chi connectivity index (χ1n) is 8.55. The lowest BCUT2D eigenvalue weighted by molar-refractivity contribution is -0.134. The molecule has 7 nitrogen and oxygen atoms in total. The summed E-state index contributed by atoms with van der Waals surface area (Å²) in [6.07, 6.45) is 4.71. The highest BCUT2D eigenvalue weighted by Gasteiger charge is 2.27. The zero-order valence-electron chi connectivity index (χ0n) is 14.5. The molecule has 0 aromatic heterocycles. The maximum atomic E-state index is 12.2. The fraction of sp³-hybridized carbons (Fsp3) is 0.812. The van der Waals surface area contributed by atoms with Gasteiger partial charge in [-0.2, -0.15) is 0 Å². The molecule has 0 spiro atoms. The van der Waals surface area contributed by atoms with Gasteiger partial charge in [0.05, 0.1) is 6.54 Å². The fourth-order valence-electron chi connectivity index (χ4n) is 3.00. The highest BCUT2D eigenvalue weighted by Crippen LogP contribution is 2.18. The van der Waals surface area contributed by atoms with E-state index in [1.54, 1.807) is 14.1 Å². The molecule has 2 aliphatic rings. The van der Waals surface area contributed by atoms with Crippen molar-refractivity contribution in [3.63, 3.8) is 0 Å². The van der Waals surface area contributed by atoms with Crippen molar-refractivity contribution >= 4 is 17.8 Å². The first-order chi connectivity index (χ1) is 11.0. The Bertz CT molecular complexity index is 457. The summed E-state index contributed by atoms with van der Waals surface area (Å²) in [5, 5.41) is 3.47. The monoisotopic (exact) mass is 323 g/mol. The largest absolute Gasteiger partial charge is 0.353 e. The van der Waals surface area contributed by atoms with Gasteiger partial charge in [0.25, 0.3) is 0 Å². The molecule has 7 heteroatoms. The predicted octanol–water partition coefficient (Wildman–Crippen LogP) is 0.127. The van der Waals surface area contributed by atoms with E-state index in [-0.39, 0.29) is 18.4 Å². The van der Waals surface area contributed by atoms with Crippen molar-refractivity contribution in [3.8, 4) is 0 Å². The van der Waals surface area contributed by atoms with Crippen LogP contribution >= 0.6 is 0 Å². The van der Waals surface area contributed by atoms with E-state index in [0.29, 0.717) is 25.1 Å². The predicted molar refractivity (Wildman–Crippen MR) is 90.2 cm³/mol. The molecule has 0 aromatic carbocycles. The van der Waals surface area contributed by atoms with Crippen molar-refractivity contribution in [3.05, 3.63) is 0 Å². The third kappa shape index (κ3) is 4.84. The van der Waals surface area contributed by atoms with E-state index in [2.05, 4.69) is 10.3 Å². The van der Waals surface area contributed by atoms with Gasteiger partial charge in [-0.05, 0) is 19.8 Å². The number of amides is 2. The molecule has 0 radical (unpaired) electrons. The molecule has 2 rings (SSSR count). The third-order valence-electron chi connectivity index (χ3n) is 4.55. The lowest BCUT2D eigenvalue weighted by atomic mass is 10.2. The number of guanidine groups is 1. The number of aliphatic imine (C=N–C) groups is 1. The molecule has 1 aliphatic heterocycles. The molecule has 0 aromatic rings. The highest BCUT2D eigenvalue weighted by atomic mass is 16.2. The number of likely N-dealkylation sites (N-methyl/N-ethyl adjacent to an activating group) is 2. The first-order valence-corrected chi connectivity index (χ1v) is 8.55. The van der Waals surface area contributed by atoms with Gasteiger partial charge >= 0.3 is 0 Å². The van der Waals surface area contributed by atoms with E-state index < -0.39 is 0 Å². The molecule has 130 valence electrons. The highest BCUT2D eigenvalue weighted by molar-refractivity contribution is 5.89. The minimum absolute atomic E-state index is 0.0331. The average Bonchev–Trinajstić information content (AvgIpc) is 3.03. The zero-order chi connectivity index (χ0) is 16.8. The van der Waals surface area contributed by atoms with Gasteiger partial charge in [-0.15, -0.1) is 0 Å². The van der Waals surface area contributed by atoms with Crippen molar-refractivity contribution in [1.82, 2.24) is 20.0 Å². The van der Waals surface area contributed by atoms with Crippen molar-refractivity contribution in [2.24, 2.45) is 4.99 Å². The van der Waals surface area contributed by atoms with Crippen LogP contribution < -0.4 is 5.32 Å². The van der Waals surface area contributed by atoms with Crippen molar-refractivity contribution < 1.29 is 9.59 Å². The second-order valence-electron chi connectivity index (χ2n) is 6.45. The molecule has 2 fully saturated rings. The molecule has 1 N–H and O–H groups in total. The van der Waals surface area contributed by atoms with Gasteiger partial charge in [-0.3, -0.25) is 9.59 Å². The van der Waals surface area contributed by atoms with Crippen LogP contribution in [0.25, 0.3) is 0 Å². The van der Waals surface area contributed by atoms with Crippen molar-refractivity contribution in [1.29, 1.82) is 0 Å². The van der Waals surface area contributed by atoms with Crippen LogP contribution in [0, 0.1) is 0 Å². The molecule has 1 saturated heterocycles. The topological polar surface area (TPSA) is 68.2 Å². The van der Waals surface area contributed by atoms with Gasteiger partial charge in [-0.1, -0.05) is 12.8 Å². The Morgan fingerprint density at radius 3 is 2.57 bits per heavy atom. The van der Waals surface area contributed by atoms with Gasteiger partial charge in [0.2, 0.25) is 11.8 Å². The number of piperazine rings is 1. The van der Waals surface area contributed by atoms with Crippen LogP contribution in [0.2, 0.25) is 0 Å². The van der Waals surface area contributed by atoms with Gasteiger partial charge < -0.3 is 20.0 Å². The second-order valence-corrected chi connectivity index (χ2v) is 6.45. The standard InChI is InChI=1S/C16H29N5O2/c1-4-20-9-10-21(12-15(20)23)16(17-11-14(22)19(2)3)18-13-7-5-6-8-13/h13H,4-12H2,1-3H3,(H,17,18). The van der Waals surface area contributed by atoms with Gasteiger partial charge in [0.15, 0.2) is 5.96 Å². The summed E-state index contributed by atoms with van der Waals surface area (Å²) in [4.78, 5) is 33.8. The molecule has 1 aliphatic carbocycles. The van der Waals surface area contributed by atoms with Gasteiger partial charge in [0, 0.05) is 39.8 Å². The Kier molecular flexibility index (Phi) is 6.24. The third-order valence-corrected chi connectivity index (χ3v) is 4.55. The smallest absolute Gasteiger partial charge is 0.243 e. The quantitative estimate of drug-likeness (QED) is 0.590. The molecular formula is C16H29N5O2. The van der Waals surface area contributed by atoms with Crippen LogP contribution in [0.1, 0.15) is 32.6 Å². The molecule has 2 amide bonds. The van der Waals surface area contributed by atoms with Crippen LogP contribution in [-0.2, 0) is 9.59 Å². The van der Waals surface area contributed by atoms with E-state index >= 15 is 0 Å². The Morgan fingerprint density at radius 1 is 1.30 bits per heavy atom. The molecule has 0 bridgehead atoms. The maximum Gasteiger partial charge on any atom is 0.243 e. The van der Waals surface area contributed by atoms with Crippen LogP contribution in [-0.4, -0.2) is 85.3 Å². The molecule has 0 unspecified atom stereocenters. The van der Waals surface area contributed by atoms with Crippen LogP contribution in [0.4, 0.5) is 0 Å². The summed E-state index contributed by atoms with van der Waals surface area (Å²) < 4.78 is 0. The Hall–Kier alpha value is -1.79. The molecule has 0 atom stereocenters. The molecular weight excluding hydrogens is 294 g/mol. The average molecular weight is 323 g/mol. The summed E-state index contributed by atoms with van der Waals surface area (Å²) >= 11 is 0. The van der Waals surface area contributed by atoms with Crippen LogP contribution in [0.5, 0.6) is 0 Å². The Morgan fingerprint density at radius 2 is 2.00 bits per heavy atom. The number of hydrogen-bond donors (Lipinski definition) is 1. The molecule has 23 heavy (non-hydrogen) atoms. The Labute approximate surface area is 138 Å². The zero-order valence-corrected chi connectivity index (χ0v) is 14.5. The summed E-state index contributed by atoms with van der Waals surface area (Å²) in [6.45, 7) is 4.66. The first kappa shape index (κ1) is 17.6. The summed E-state index contributed by atoms with van der Waals surface area (Å²) in [5.74, 6) is 0.795. The minimum Gasteiger partial charge on any atom is -0.353 e. The number of carbonyl (C=O) groups excluding carboxylic acids is 2. The van der Waals surface area contributed by atoms with E-state index in [9.17, 15) is 9.59 Å². The lowest BCUT2D eigenvalue weighted by Gasteiger charge is -2.36. The minimum atomic E-state index is -0.0331. The maximum absolute atomic E-state index is 12.2. The number of rotatable bonds is 4. The normalized spacial score (nSPS) is 20.1. The van der Waals surface area contributed by atoms with E-state index in [1.165, 1.54) is 17.7 Å². The van der Waals surface area contributed by atoms with E-state index in [4.69, 9.17) is 0 Å². The Balaban J connectivity index is 2.04. The molecule has 1 heterocycles. The van der Waals surface area contributed by atoms with Crippen LogP contribution in [0.3, 0.4) is 0 Å². The van der Waals surface area contributed by atoms with Gasteiger partial charge in [0.1, 0.15) is 6.54 Å². The number of nitrogens with one attached hydrogen (secondary N) is 1. The number of carbonyl (C=O) groups is 2.